The minimum absolute atomic E-state index is 0. The molecular weight excluding hydrogens is 335 g/mol. The second kappa shape index (κ2) is 7.81. The van der Waals surface area contributed by atoms with Gasteiger partial charge in [-0.25, -0.2) is 4.68 Å². The topological polar surface area (TPSA) is 58.9 Å². The van der Waals surface area contributed by atoms with Gasteiger partial charge in [0.1, 0.15) is 0 Å². The van der Waals surface area contributed by atoms with Gasteiger partial charge in [0.05, 0.1) is 17.4 Å². The van der Waals surface area contributed by atoms with Crippen LogP contribution in [0.3, 0.4) is 0 Å². The molecule has 23 heavy (non-hydrogen) atoms. The number of rotatable bonds is 3. The van der Waals surface area contributed by atoms with Crippen molar-refractivity contribution < 1.29 is 4.79 Å². The average molecular weight is 355 g/mol. The fourth-order valence-electron chi connectivity index (χ4n) is 2.63. The molecule has 0 saturated carbocycles. The fraction of sp³-hybridized carbons (Fsp3) is 0.375. The Balaban J connectivity index is 0.00000192. The van der Waals surface area contributed by atoms with Crippen LogP contribution in [0.2, 0.25) is 5.02 Å². The summed E-state index contributed by atoms with van der Waals surface area (Å²) in [7, 11) is 0. The lowest BCUT2D eigenvalue weighted by atomic mass is 9.94. The zero-order chi connectivity index (χ0) is 15.5. The van der Waals surface area contributed by atoms with Crippen molar-refractivity contribution in [1.82, 2.24) is 20.4 Å². The SMILES string of the molecule is CC1CCNCC1NC(=O)c1cnn(-c2cccc(Cl)c2)c1.Cl. The van der Waals surface area contributed by atoms with Gasteiger partial charge < -0.3 is 10.6 Å². The van der Waals surface area contributed by atoms with E-state index in [2.05, 4.69) is 22.7 Å². The van der Waals surface area contributed by atoms with Crippen molar-refractivity contribution in [3.63, 3.8) is 0 Å². The molecule has 1 aromatic carbocycles. The van der Waals surface area contributed by atoms with Crippen molar-refractivity contribution in [2.75, 3.05) is 13.1 Å². The zero-order valence-electron chi connectivity index (χ0n) is 12.8. The number of nitrogens with one attached hydrogen (secondary N) is 2. The summed E-state index contributed by atoms with van der Waals surface area (Å²) in [4.78, 5) is 12.4. The van der Waals surface area contributed by atoms with Gasteiger partial charge in [-0.05, 0) is 37.1 Å². The van der Waals surface area contributed by atoms with Gasteiger partial charge in [0, 0.05) is 23.8 Å². The lowest BCUT2D eigenvalue weighted by Crippen LogP contribution is -2.50. The molecule has 2 aromatic rings. The molecule has 124 valence electrons. The molecule has 1 amide bonds. The minimum Gasteiger partial charge on any atom is -0.348 e. The van der Waals surface area contributed by atoms with Crippen molar-refractivity contribution in [1.29, 1.82) is 0 Å². The molecule has 0 spiro atoms. The first kappa shape index (κ1) is 17.8. The molecule has 1 saturated heterocycles. The lowest BCUT2D eigenvalue weighted by Gasteiger charge is -2.30. The van der Waals surface area contributed by atoms with E-state index in [0.29, 0.717) is 16.5 Å². The van der Waals surface area contributed by atoms with Crippen molar-refractivity contribution >= 4 is 29.9 Å². The van der Waals surface area contributed by atoms with E-state index in [4.69, 9.17) is 11.6 Å². The number of carbonyl (C=O) groups excluding carboxylic acids is 1. The Morgan fingerprint density at radius 2 is 2.30 bits per heavy atom. The van der Waals surface area contributed by atoms with Crippen LogP contribution in [-0.4, -0.2) is 34.8 Å². The van der Waals surface area contributed by atoms with Crippen LogP contribution in [0.25, 0.3) is 5.69 Å². The maximum Gasteiger partial charge on any atom is 0.254 e. The third-order valence-corrected chi connectivity index (χ3v) is 4.30. The first-order chi connectivity index (χ1) is 10.6. The van der Waals surface area contributed by atoms with Gasteiger partial charge in [-0.3, -0.25) is 4.79 Å². The van der Waals surface area contributed by atoms with Crippen LogP contribution in [0.5, 0.6) is 0 Å². The van der Waals surface area contributed by atoms with Crippen LogP contribution < -0.4 is 10.6 Å². The fourth-order valence-corrected chi connectivity index (χ4v) is 2.82. The Kier molecular flexibility index (Phi) is 6.04. The molecule has 1 aliphatic rings. The Morgan fingerprint density at radius 3 is 3.04 bits per heavy atom. The quantitative estimate of drug-likeness (QED) is 0.890. The first-order valence-electron chi connectivity index (χ1n) is 7.45. The van der Waals surface area contributed by atoms with Gasteiger partial charge >= 0.3 is 0 Å². The summed E-state index contributed by atoms with van der Waals surface area (Å²) < 4.78 is 1.66. The Labute approximate surface area is 146 Å². The molecule has 3 rings (SSSR count). The smallest absolute Gasteiger partial charge is 0.254 e. The lowest BCUT2D eigenvalue weighted by molar-refractivity contribution is 0.0915. The average Bonchev–Trinajstić information content (AvgIpc) is 2.99. The number of halogens is 2. The second-order valence-electron chi connectivity index (χ2n) is 5.70. The minimum atomic E-state index is -0.0890. The number of carbonyl (C=O) groups is 1. The van der Waals surface area contributed by atoms with Crippen molar-refractivity contribution in [2.45, 2.75) is 19.4 Å². The number of amides is 1. The Morgan fingerprint density at radius 1 is 1.48 bits per heavy atom. The highest BCUT2D eigenvalue weighted by Gasteiger charge is 2.23. The predicted molar refractivity (Wildman–Crippen MR) is 93.7 cm³/mol. The number of aromatic nitrogens is 2. The highest BCUT2D eigenvalue weighted by molar-refractivity contribution is 6.30. The van der Waals surface area contributed by atoms with Gasteiger partial charge in [0.25, 0.3) is 5.91 Å². The Hall–Kier alpha value is -1.56. The van der Waals surface area contributed by atoms with E-state index in [1.807, 2.05) is 18.2 Å². The standard InChI is InChI=1S/C16H19ClN4O.ClH/c1-11-5-6-18-9-15(11)20-16(22)12-8-19-21(10-12)14-4-2-3-13(17)7-14;/h2-4,7-8,10-11,15,18H,5-6,9H2,1H3,(H,20,22);1H. The Bertz CT molecular complexity index is 674. The van der Waals surface area contributed by atoms with Crippen LogP contribution in [0.15, 0.2) is 36.7 Å². The number of piperidine rings is 1. The monoisotopic (exact) mass is 354 g/mol. The molecule has 2 unspecified atom stereocenters. The molecule has 0 aliphatic carbocycles. The van der Waals surface area contributed by atoms with Crippen molar-refractivity contribution in [2.24, 2.45) is 5.92 Å². The summed E-state index contributed by atoms with van der Waals surface area (Å²) in [5.74, 6) is 0.391. The van der Waals surface area contributed by atoms with E-state index in [1.165, 1.54) is 0 Å². The van der Waals surface area contributed by atoms with Crippen molar-refractivity contribution in [3.05, 3.63) is 47.2 Å². The van der Waals surface area contributed by atoms with Gasteiger partial charge in [0.15, 0.2) is 0 Å². The normalized spacial score (nSPS) is 20.6. The van der Waals surface area contributed by atoms with Gasteiger partial charge in [-0.1, -0.05) is 24.6 Å². The molecule has 2 N–H and O–H groups in total. The van der Waals surface area contributed by atoms with Crippen LogP contribution in [0, 0.1) is 5.92 Å². The van der Waals surface area contributed by atoms with Gasteiger partial charge in [-0.2, -0.15) is 5.10 Å². The van der Waals surface area contributed by atoms with E-state index in [0.717, 1.165) is 25.2 Å². The molecule has 2 heterocycles. The van der Waals surface area contributed by atoms with Crippen LogP contribution >= 0.6 is 24.0 Å². The van der Waals surface area contributed by atoms with Crippen molar-refractivity contribution in [3.8, 4) is 5.69 Å². The molecule has 7 heteroatoms. The summed E-state index contributed by atoms with van der Waals surface area (Å²) >= 11 is 5.98. The predicted octanol–water partition coefficient (Wildman–Crippen LogP) is 2.68. The number of benzene rings is 1. The molecule has 1 aromatic heterocycles. The summed E-state index contributed by atoms with van der Waals surface area (Å²) in [6.45, 7) is 4.00. The van der Waals surface area contributed by atoms with E-state index < -0.39 is 0 Å². The summed E-state index contributed by atoms with van der Waals surface area (Å²) in [6, 6.07) is 7.53. The molecular formula is C16H20Cl2N4O. The largest absolute Gasteiger partial charge is 0.348 e. The summed E-state index contributed by atoms with van der Waals surface area (Å²) in [5, 5.41) is 11.3. The van der Waals surface area contributed by atoms with E-state index in [1.54, 1.807) is 23.1 Å². The van der Waals surface area contributed by atoms with Crippen LogP contribution in [0.1, 0.15) is 23.7 Å². The highest BCUT2D eigenvalue weighted by atomic mass is 35.5. The molecule has 2 atom stereocenters. The van der Waals surface area contributed by atoms with Crippen LogP contribution in [-0.2, 0) is 0 Å². The van der Waals surface area contributed by atoms with Gasteiger partial charge in [-0.15, -0.1) is 12.4 Å². The van der Waals surface area contributed by atoms with E-state index >= 15 is 0 Å². The summed E-state index contributed by atoms with van der Waals surface area (Å²) in [5.41, 5.74) is 1.39. The maximum absolute atomic E-state index is 12.4. The summed E-state index contributed by atoms with van der Waals surface area (Å²) in [6.07, 6.45) is 4.38. The third kappa shape index (κ3) is 4.25. The number of nitrogens with zero attached hydrogens (tertiary/aromatic N) is 2. The molecule has 1 fully saturated rings. The number of hydrogen-bond acceptors (Lipinski definition) is 3. The van der Waals surface area contributed by atoms with Crippen LogP contribution in [0.4, 0.5) is 0 Å². The highest BCUT2D eigenvalue weighted by Crippen LogP contribution is 2.15. The molecule has 1 aliphatic heterocycles. The zero-order valence-corrected chi connectivity index (χ0v) is 14.4. The van der Waals surface area contributed by atoms with E-state index in [9.17, 15) is 4.79 Å². The first-order valence-corrected chi connectivity index (χ1v) is 7.83. The molecule has 0 bridgehead atoms. The second-order valence-corrected chi connectivity index (χ2v) is 6.14. The van der Waals surface area contributed by atoms with Gasteiger partial charge in [0.2, 0.25) is 0 Å². The number of hydrogen-bond donors (Lipinski definition) is 2. The molecule has 5 nitrogen and oxygen atoms in total. The third-order valence-electron chi connectivity index (χ3n) is 4.06. The molecule has 0 radical (unpaired) electrons. The maximum atomic E-state index is 12.4. The van der Waals surface area contributed by atoms with E-state index in [-0.39, 0.29) is 24.4 Å².